The fourth-order valence-electron chi connectivity index (χ4n) is 4.22. The second kappa shape index (κ2) is 6.95. The van der Waals surface area contributed by atoms with E-state index in [0.717, 1.165) is 59.0 Å². The van der Waals surface area contributed by atoms with Gasteiger partial charge >= 0.3 is 5.97 Å². The summed E-state index contributed by atoms with van der Waals surface area (Å²) in [6.07, 6.45) is 4.02. The van der Waals surface area contributed by atoms with E-state index in [4.69, 9.17) is 10.1 Å². The summed E-state index contributed by atoms with van der Waals surface area (Å²) in [5.74, 6) is -0.0294. The number of carboxylic acid groups (broad SMARTS) is 1. The first-order valence-electron chi connectivity index (χ1n) is 9.85. The Labute approximate surface area is 159 Å². The van der Waals surface area contributed by atoms with Crippen LogP contribution in [0.3, 0.4) is 0 Å². The second-order valence-corrected chi connectivity index (χ2v) is 8.18. The molecule has 0 bridgehead atoms. The van der Waals surface area contributed by atoms with Gasteiger partial charge in [-0.05, 0) is 63.1 Å². The number of aliphatic carboxylic acids is 1. The van der Waals surface area contributed by atoms with E-state index in [9.17, 15) is 9.59 Å². The van der Waals surface area contributed by atoms with E-state index in [2.05, 4.69) is 19.1 Å². The monoisotopic (exact) mass is 366 g/mol. The largest absolute Gasteiger partial charge is 0.481 e. The molecule has 1 aliphatic carbocycles. The number of carbonyl (C=O) groups is 2. The molecule has 1 aromatic carbocycles. The lowest BCUT2D eigenvalue weighted by Gasteiger charge is -2.31. The number of aryl methyl sites for hydroxylation is 2. The van der Waals surface area contributed by atoms with Crippen LogP contribution in [0.2, 0.25) is 0 Å². The second-order valence-electron chi connectivity index (χ2n) is 8.18. The number of rotatable bonds is 4. The highest BCUT2D eigenvalue weighted by Crippen LogP contribution is 2.41. The molecule has 1 aliphatic heterocycles. The molecule has 2 heterocycles. The van der Waals surface area contributed by atoms with Gasteiger partial charge in [-0.3, -0.25) is 14.6 Å². The van der Waals surface area contributed by atoms with Gasteiger partial charge in [-0.25, -0.2) is 0 Å². The number of likely N-dealkylation sites (tertiary alicyclic amines) is 1. The third-order valence-corrected chi connectivity index (χ3v) is 5.86. The molecule has 0 unspecified atom stereocenters. The molecule has 5 nitrogen and oxygen atoms in total. The Kier molecular flexibility index (Phi) is 4.62. The predicted molar refractivity (Wildman–Crippen MR) is 104 cm³/mol. The lowest BCUT2D eigenvalue weighted by atomic mass is 9.92. The summed E-state index contributed by atoms with van der Waals surface area (Å²) < 4.78 is 0. The van der Waals surface area contributed by atoms with Crippen LogP contribution in [0, 0.1) is 19.8 Å². The zero-order valence-corrected chi connectivity index (χ0v) is 16.0. The van der Waals surface area contributed by atoms with Crippen molar-refractivity contribution in [1.29, 1.82) is 0 Å². The number of pyridine rings is 1. The summed E-state index contributed by atoms with van der Waals surface area (Å²) in [5.41, 5.74) is 4.98. The van der Waals surface area contributed by atoms with Gasteiger partial charge < -0.3 is 10.0 Å². The molecule has 1 amide bonds. The maximum absolute atomic E-state index is 13.3. The van der Waals surface area contributed by atoms with Crippen LogP contribution in [0.5, 0.6) is 0 Å². The fraction of sp³-hybridized carbons (Fsp3) is 0.500. The molecular formula is C22H26N2O3. The standard InChI is InChI=1S/C22H26N2O3/c1-13-9-14(2)21-17(10-13)18(12-19(23-21)16-3-4-16)22(27)24-7-5-15(6-8-24)11-20(25)26/h9-10,12,15-16H,3-8,11H2,1-2H3,(H,25,26). The number of nitrogens with zero attached hydrogens (tertiary/aromatic N) is 2. The summed E-state index contributed by atoms with van der Waals surface area (Å²) in [6, 6.07) is 6.19. The van der Waals surface area contributed by atoms with Crippen molar-refractivity contribution in [3.63, 3.8) is 0 Å². The Hall–Kier alpha value is -2.43. The summed E-state index contributed by atoms with van der Waals surface area (Å²) in [5, 5.41) is 9.93. The van der Waals surface area contributed by atoms with Crippen LogP contribution >= 0.6 is 0 Å². The first-order valence-corrected chi connectivity index (χ1v) is 9.85. The van der Waals surface area contributed by atoms with Crippen LogP contribution in [-0.4, -0.2) is 40.0 Å². The number of piperidine rings is 1. The van der Waals surface area contributed by atoms with Crippen LogP contribution in [0.4, 0.5) is 0 Å². The number of amides is 1. The number of aromatic nitrogens is 1. The molecule has 1 saturated carbocycles. The molecule has 1 aromatic heterocycles. The summed E-state index contributed by atoms with van der Waals surface area (Å²) in [4.78, 5) is 31.0. The average molecular weight is 366 g/mol. The maximum atomic E-state index is 13.3. The molecule has 27 heavy (non-hydrogen) atoms. The van der Waals surface area contributed by atoms with Crippen molar-refractivity contribution in [1.82, 2.24) is 9.88 Å². The predicted octanol–water partition coefficient (Wildman–Crippen LogP) is 4.06. The van der Waals surface area contributed by atoms with Gasteiger partial charge in [-0.1, -0.05) is 11.6 Å². The molecule has 1 N–H and O–H groups in total. The van der Waals surface area contributed by atoms with Crippen molar-refractivity contribution in [2.75, 3.05) is 13.1 Å². The van der Waals surface area contributed by atoms with Crippen molar-refractivity contribution in [3.05, 3.63) is 40.6 Å². The van der Waals surface area contributed by atoms with Gasteiger partial charge in [0, 0.05) is 36.5 Å². The number of carboxylic acids is 1. The number of benzene rings is 1. The topological polar surface area (TPSA) is 70.5 Å². The normalized spacial score (nSPS) is 18.1. The van der Waals surface area contributed by atoms with Crippen molar-refractivity contribution < 1.29 is 14.7 Å². The lowest BCUT2D eigenvalue weighted by molar-refractivity contribution is -0.138. The van der Waals surface area contributed by atoms with E-state index in [-0.39, 0.29) is 18.2 Å². The molecule has 4 rings (SSSR count). The zero-order chi connectivity index (χ0) is 19.1. The molecular weight excluding hydrogens is 340 g/mol. The van der Waals surface area contributed by atoms with E-state index in [1.807, 2.05) is 17.9 Å². The number of carbonyl (C=O) groups excluding carboxylic acids is 1. The van der Waals surface area contributed by atoms with E-state index >= 15 is 0 Å². The Morgan fingerprint density at radius 3 is 2.44 bits per heavy atom. The highest BCUT2D eigenvalue weighted by Gasteiger charge is 2.30. The SMILES string of the molecule is Cc1cc(C)c2nc(C3CC3)cc(C(=O)N3CCC(CC(=O)O)CC3)c2c1. The van der Waals surface area contributed by atoms with E-state index in [0.29, 0.717) is 19.0 Å². The van der Waals surface area contributed by atoms with Gasteiger partial charge in [0.15, 0.2) is 0 Å². The number of hydrogen-bond acceptors (Lipinski definition) is 3. The fourth-order valence-corrected chi connectivity index (χ4v) is 4.22. The summed E-state index contributed by atoms with van der Waals surface area (Å²) in [6.45, 7) is 5.37. The molecule has 2 aromatic rings. The van der Waals surface area contributed by atoms with Gasteiger partial charge in [0.2, 0.25) is 0 Å². The molecule has 142 valence electrons. The van der Waals surface area contributed by atoms with Gasteiger partial charge in [-0.2, -0.15) is 0 Å². The van der Waals surface area contributed by atoms with Crippen molar-refractivity contribution in [3.8, 4) is 0 Å². The molecule has 0 atom stereocenters. The molecule has 1 saturated heterocycles. The van der Waals surface area contributed by atoms with Crippen LogP contribution < -0.4 is 0 Å². The number of hydrogen-bond donors (Lipinski definition) is 1. The van der Waals surface area contributed by atoms with Gasteiger partial charge in [0.25, 0.3) is 5.91 Å². The first-order chi connectivity index (χ1) is 12.9. The lowest BCUT2D eigenvalue weighted by Crippen LogP contribution is -2.39. The molecule has 0 radical (unpaired) electrons. The van der Waals surface area contributed by atoms with Crippen molar-refractivity contribution >= 4 is 22.8 Å². The Morgan fingerprint density at radius 1 is 1.11 bits per heavy atom. The molecule has 5 heteroatoms. The highest BCUT2D eigenvalue weighted by molar-refractivity contribution is 6.07. The van der Waals surface area contributed by atoms with Crippen LogP contribution in [0.25, 0.3) is 10.9 Å². The molecule has 2 fully saturated rings. The minimum Gasteiger partial charge on any atom is -0.481 e. The summed E-state index contributed by atoms with van der Waals surface area (Å²) >= 11 is 0. The zero-order valence-electron chi connectivity index (χ0n) is 16.0. The molecule has 0 spiro atoms. The maximum Gasteiger partial charge on any atom is 0.303 e. The third-order valence-electron chi connectivity index (χ3n) is 5.86. The smallest absolute Gasteiger partial charge is 0.303 e. The molecule has 2 aliphatic rings. The van der Waals surface area contributed by atoms with E-state index in [1.54, 1.807) is 0 Å². The first kappa shape index (κ1) is 18.0. The summed E-state index contributed by atoms with van der Waals surface area (Å²) in [7, 11) is 0. The highest BCUT2D eigenvalue weighted by atomic mass is 16.4. The van der Waals surface area contributed by atoms with Crippen LogP contribution in [0.1, 0.15) is 65.2 Å². The van der Waals surface area contributed by atoms with Gasteiger partial charge in [-0.15, -0.1) is 0 Å². The van der Waals surface area contributed by atoms with Gasteiger partial charge in [0.1, 0.15) is 0 Å². The van der Waals surface area contributed by atoms with Crippen LogP contribution in [0.15, 0.2) is 18.2 Å². The van der Waals surface area contributed by atoms with Crippen molar-refractivity contribution in [2.24, 2.45) is 5.92 Å². The average Bonchev–Trinajstić information content (AvgIpc) is 3.46. The van der Waals surface area contributed by atoms with E-state index in [1.165, 1.54) is 0 Å². The quantitative estimate of drug-likeness (QED) is 0.886. The van der Waals surface area contributed by atoms with Crippen molar-refractivity contribution in [2.45, 2.75) is 51.9 Å². The Bertz CT molecular complexity index is 909. The Balaban J connectivity index is 1.66. The van der Waals surface area contributed by atoms with E-state index < -0.39 is 5.97 Å². The minimum atomic E-state index is -0.750. The minimum absolute atomic E-state index is 0.0584. The van der Waals surface area contributed by atoms with Gasteiger partial charge in [0.05, 0.1) is 11.1 Å². The third kappa shape index (κ3) is 3.68. The van der Waals surface area contributed by atoms with Crippen LogP contribution in [-0.2, 0) is 4.79 Å². The Morgan fingerprint density at radius 2 is 1.81 bits per heavy atom. The number of fused-ring (bicyclic) bond motifs is 1.